The maximum Gasteiger partial charge on any atom is 0.260 e. The highest BCUT2D eigenvalue weighted by Gasteiger charge is 2.17. The molecular formula is C4H6N4O3S2. The molecule has 0 saturated heterocycles. The van der Waals surface area contributed by atoms with Crippen molar-refractivity contribution in [1.82, 2.24) is 9.36 Å². The molecule has 0 bridgehead atoms. The van der Waals surface area contributed by atoms with Crippen LogP contribution in [-0.2, 0) is 9.84 Å². The van der Waals surface area contributed by atoms with Crippen molar-refractivity contribution in [3.63, 3.8) is 0 Å². The van der Waals surface area contributed by atoms with E-state index in [1.54, 1.807) is 0 Å². The van der Waals surface area contributed by atoms with Gasteiger partial charge in [-0.2, -0.15) is 9.36 Å². The van der Waals surface area contributed by atoms with Crippen LogP contribution in [0.2, 0.25) is 0 Å². The van der Waals surface area contributed by atoms with Gasteiger partial charge in [0.25, 0.3) is 5.16 Å². The zero-order chi connectivity index (χ0) is 9.90. The van der Waals surface area contributed by atoms with E-state index < -0.39 is 9.84 Å². The number of nitrogens with one attached hydrogen (secondary N) is 1. The monoisotopic (exact) mass is 222 g/mol. The van der Waals surface area contributed by atoms with Crippen LogP contribution >= 0.6 is 11.5 Å². The highest BCUT2D eigenvalue weighted by molar-refractivity contribution is 7.91. The summed E-state index contributed by atoms with van der Waals surface area (Å²) in [7, 11) is -3.39. The molecule has 0 spiro atoms. The van der Waals surface area contributed by atoms with Crippen molar-refractivity contribution in [2.45, 2.75) is 12.1 Å². The average molecular weight is 222 g/mol. The Hall–Kier alpha value is -1.09. The molecule has 1 N–H and O–H groups in total. The standard InChI is InChI=1S/C4H6N4O3S2/c1-2-13(10,11)4-5-3(6-8-9)12-7-4/h2H2,1H3,(H,5,6,7,9). The molecular weight excluding hydrogens is 216 g/mol. The number of nitroso groups, excluding NO2 is 1. The molecule has 0 aliphatic heterocycles. The highest BCUT2D eigenvalue weighted by Crippen LogP contribution is 2.15. The number of hydrogen-bond donors (Lipinski definition) is 1. The van der Waals surface area contributed by atoms with Crippen LogP contribution in [0.4, 0.5) is 5.13 Å². The van der Waals surface area contributed by atoms with Crippen LogP contribution in [0.3, 0.4) is 0 Å². The molecule has 0 unspecified atom stereocenters. The fourth-order valence-electron chi connectivity index (χ4n) is 0.550. The molecule has 1 aromatic heterocycles. The number of sulfone groups is 1. The smallest absolute Gasteiger partial charge is 0.220 e. The van der Waals surface area contributed by atoms with Crippen molar-refractivity contribution >= 4 is 26.5 Å². The number of nitrogens with zero attached hydrogens (tertiary/aromatic N) is 3. The SMILES string of the molecule is CCS(=O)(=O)c1nsc(NN=O)n1. The van der Waals surface area contributed by atoms with Gasteiger partial charge in [-0.1, -0.05) is 6.92 Å². The van der Waals surface area contributed by atoms with E-state index in [0.29, 0.717) is 0 Å². The molecule has 0 amide bonds. The van der Waals surface area contributed by atoms with Crippen LogP contribution in [-0.4, -0.2) is 23.5 Å². The van der Waals surface area contributed by atoms with Crippen LogP contribution in [0.5, 0.6) is 0 Å². The topological polar surface area (TPSA) is 101 Å². The van der Waals surface area contributed by atoms with E-state index in [-0.39, 0.29) is 16.0 Å². The summed E-state index contributed by atoms with van der Waals surface area (Å²) in [6.45, 7) is 1.49. The lowest BCUT2D eigenvalue weighted by atomic mass is 11.0. The molecule has 1 heterocycles. The van der Waals surface area contributed by atoms with Crippen molar-refractivity contribution in [2.24, 2.45) is 5.29 Å². The van der Waals surface area contributed by atoms with Crippen molar-refractivity contribution < 1.29 is 8.42 Å². The Kier molecular flexibility index (Phi) is 2.88. The van der Waals surface area contributed by atoms with Crippen molar-refractivity contribution in [3.05, 3.63) is 4.91 Å². The second-order valence-corrected chi connectivity index (χ2v) is 4.91. The summed E-state index contributed by atoms with van der Waals surface area (Å²) in [5, 5.41) is 2.14. The Labute approximate surface area is 78.2 Å². The van der Waals surface area contributed by atoms with Crippen LogP contribution in [0.1, 0.15) is 6.92 Å². The van der Waals surface area contributed by atoms with Crippen molar-refractivity contribution in [3.8, 4) is 0 Å². The average Bonchev–Trinajstić information content (AvgIpc) is 2.54. The third-order valence-electron chi connectivity index (χ3n) is 1.21. The van der Waals surface area contributed by atoms with Gasteiger partial charge in [0.1, 0.15) is 0 Å². The van der Waals surface area contributed by atoms with E-state index >= 15 is 0 Å². The fraction of sp³-hybridized carbons (Fsp3) is 0.500. The molecule has 0 aliphatic rings. The Morgan fingerprint density at radius 2 is 2.31 bits per heavy atom. The predicted octanol–water partition coefficient (Wildman–Crippen LogP) is 0.425. The quantitative estimate of drug-likeness (QED) is 0.585. The van der Waals surface area contributed by atoms with Gasteiger partial charge >= 0.3 is 0 Å². The molecule has 9 heteroatoms. The number of aromatic nitrogens is 2. The van der Waals surface area contributed by atoms with Crippen LogP contribution in [0.15, 0.2) is 10.4 Å². The molecule has 0 aliphatic carbocycles. The van der Waals surface area contributed by atoms with Gasteiger partial charge in [0, 0.05) is 11.5 Å². The van der Waals surface area contributed by atoms with E-state index in [4.69, 9.17) is 0 Å². The van der Waals surface area contributed by atoms with E-state index in [9.17, 15) is 13.3 Å². The molecule has 0 saturated carbocycles. The Morgan fingerprint density at radius 1 is 1.62 bits per heavy atom. The maximum absolute atomic E-state index is 11.2. The first-order valence-corrected chi connectivity index (χ1v) is 5.67. The summed E-state index contributed by atoms with van der Waals surface area (Å²) in [6, 6.07) is 0. The van der Waals surface area contributed by atoms with Gasteiger partial charge in [0.05, 0.1) is 11.0 Å². The van der Waals surface area contributed by atoms with Gasteiger partial charge in [0.15, 0.2) is 0 Å². The van der Waals surface area contributed by atoms with Gasteiger partial charge in [-0.25, -0.2) is 13.8 Å². The van der Waals surface area contributed by atoms with Gasteiger partial charge in [0.2, 0.25) is 15.0 Å². The fourth-order valence-corrected chi connectivity index (χ4v) is 2.07. The van der Waals surface area contributed by atoms with E-state index in [1.807, 2.05) is 5.43 Å². The van der Waals surface area contributed by atoms with Crippen LogP contribution in [0, 0.1) is 4.91 Å². The lowest BCUT2D eigenvalue weighted by molar-refractivity contribution is 0.590. The molecule has 13 heavy (non-hydrogen) atoms. The predicted molar refractivity (Wildman–Crippen MR) is 47.1 cm³/mol. The Bertz CT molecular complexity index is 397. The summed E-state index contributed by atoms with van der Waals surface area (Å²) < 4.78 is 25.9. The minimum absolute atomic E-state index is 0.0713. The largest absolute Gasteiger partial charge is 0.260 e. The second kappa shape index (κ2) is 3.75. The first-order chi connectivity index (χ1) is 6.10. The van der Waals surface area contributed by atoms with E-state index in [1.165, 1.54) is 6.92 Å². The van der Waals surface area contributed by atoms with Gasteiger partial charge in [-0.15, -0.1) is 4.91 Å². The summed E-state index contributed by atoms with van der Waals surface area (Å²) in [6.07, 6.45) is 0. The third-order valence-corrected chi connectivity index (χ3v) is 3.44. The number of rotatable bonds is 4. The van der Waals surface area contributed by atoms with Gasteiger partial charge in [-0.3, -0.25) is 0 Å². The lowest BCUT2D eigenvalue weighted by Crippen LogP contribution is -2.05. The zero-order valence-corrected chi connectivity index (χ0v) is 8.22. The first-order valence-electron chi connectivity index (χ1n) is 3.25. The van der Waals surface area contributed by atoms with Gasteiger partial charge < -0.3 is 0 Å². The Balaban J connectivity index is 2.98. The van der Waals surface area contributed by atoms with E-state index in [0.717, 1.165) is 11.5 Å². The molecule has 7 nitrogen and oxygen atoms in total. The molecule has 0 radical (unpaired) electrons. The molecule has 1 rings (SSSR count). The summed E-state index contributed by atoms with van der Waals surface area (Å²) in [5.41, 5.74) is 1.97. The molecule has 0 fully saturated rings. The van der Waals surface area contributed by atoms with Crippen molar-refractivity contribution in [2.75, 3.05) is 11.2 Å². The first kappa shape index (κ1) is 9.99. The van der Waals surface area contributed by atoms with E-state index in [2.05, 4.69) is 14.6 Å². The number of anilines is 1. The van der Waals surface area contributed by atoms with Crippen LogP contribution < -0.4 is 5.43 Å². The molecule has 72 valence electrons. The normalized spacial score (nSPS) is 11.2. The molecule has 0 aromatic carbocycles. The minimum Gasteiger partial charge on any atom is -0.220 e. The summed E-state index contributed by atoms with van der Waals surface area (Å²) in [5.74, 6) is -0.0717. The Morgan fingerprint density at radius 3 is 2.85 bits per heavy atom. The minimum atomic E-state index is -3.39. The highest BCUT2D eigenvalue weighted by atomic mass is 32.2. The zero-order valence-electron chi connectivity index (χ0n) is 6.59. The lowest BCUT2D eigenvalue weighted by Gasteiger charge is -1.90. The third kappa shape index (κ3) is 2.18. The number of hydrogen-bond acceptors (Lipinski definition) is 7. The second-order valence-electron chi connectivity index (χ2n) is 1.99. The van der Waals surface area contributed by atoms with Gasteiger partial charge in [-0.05, 0) is 0 Å². The van der Waals surface area contributed by atoms with Crippen molar-refractivity contribution in [1.29, 1.82) is 0 Å². The summed E-state index contributed by atoms with van der Waals surface area (Å²) in [4.78, 5) is 13.3. The maximum atomic E-state index is 11.2. The van der Waals surface area contributed by atoms with Crippen LogP contribution in [0.25, 0.3) is 0 Å². The summed E-state index contributed by atoms with van der Waals surface area (Å²) >= 11 is 0.771. The molecule has 0 atom stereocenters. The molecule has 1 aromatic rings.